The predicted molar refractivity (Wildman–Crippen MR) is 68.5 cm³/mol. The molecule has 3 nitrogen and oxygen atoms in total. The van der Waals surface area contributed by atoms with Crippen LogP contribution in [0.3, 0.4) is 0 Å². The van der Waals surface area contributed by atoms with Crippen LogP contribution in [0.2, 0.25) is 0 Å². The van der Waals surface area contributed by atoms with Gasteiger partial charge in [-0.05, 0) is 37.1 Å². The van der Waals surface area contributed by atoms with Crippen molar-refractivity contribution in [1.29, 1.82) is 0 Å². The van der Waals surface area contributed by atoms with E-state index in [9.17, 15) is 18.3 Å². The van der Waals surface area contributed by atoms with Crippen LogP contribution in [-0.2, 0) is 6.54 Å². The molecule has 1 heterocycles. The first-order chi connectivity index (χ1) is 9.48. The third-order valence-electron chi connectivity index (χ3n) is 3.42. The van der Waals surface area contributed by atoms with E-state index in [1.54, 1.807) is 24.3 Å². The van der Waals surface area contributed by atoms with Crippen LogP contribution in [-0.4, -0.2) is 42.0 Å². The molecule has 1 saturated heterocycles. The minimum absolute atomic E-state index is 0.146. The molecule has 6 heteroatoms. The molecule has 0 radical (unpaired) electrons. The highest BCUT2D eigenvalue weighted by Crippen LogP contribution is 2.22. The zero-order chi connectivity index (χ0) is 14.6. The molecular weight excluding hydrogens is 271 g/mol. The summed E-state index contributed by atoms with van der Waals surface area (Å²) in [7, 11) is 0. The molecule has 1 aromatic rings. The average Bonchev–Trinajstić information content (AvgIpc) is 2.84. The highest BCUT2D eigenvalue weighted by Gasteiger charge is 2.28. The molecule has 1 aliphatic rings. The van der Waals surface area contributed by atoms with Crippen molar-refractivity contribution in [3.05, 3.63) is 29.8 Å². The molecule has 0 bridgehead atoms. The van der Waals surface area contributed by atoms with E-state index in [-0.39, 0.29) is 18.4 Å². The van der Waals surface area contributed by atoms with Gasteiger partial charge in [-0.1, -0.05) is 12.1 Å². The van der Waals surface area contributed by atoms with Crippen LogP contribution in [0, 0.1) is 0 Å². The smallest absolute Gasteiger partial charge is 0.422 e. The molecule has 1 N–H and O–H groups in total. The summed E-state index contributed by atoms with van der Waals surface area (Å²) < 4.78 is 40.7. The van der Waals surface area contributed by atoms with Crippen LogP contribution in [0.4, 0.5) is 13.2 Å². The molecule has 1 aliphatic heterocycles. The maximum Gasteiger partial charge on any atom is 0.422 e. The number of nitrogens with zero attached hydrogens (tertiary/aromatic N) is 1. The summed E-state index contributed by atoms with van der Waals surface area (Å²) in [5.41, 5.74) is 1.00. The quantitative estimate of drug-likeness (QED) is 0.904. The Morgan fingerprint density at radius 2 is 1.95 bits per heavy atom. The third kappa shape index (κ3) is 4.38. The number of halogens is 3. The van der Waals surface area contributed by atoms with Gasteiger partial charge in [-0.2, -0.15) is 13.2 Å². The van der Waals surface area contributed by atoms with Gasteiger partial charge in [0.1, 0.15) is 5.75 Å². The minimum atomic E-state index is -4.32. The molecule has 0 aliphatic carbocycles. The van der Waals surface area contributed by atoms with Gasteiger partial charge >= 0.3 is 6.18 Å². The Kier molecular flexibility index (Phi) is 4.88. The summed E-state index contributed by atoms with van der Waals surface area (Å²) >= 11 is 0. The second-order valence-electron chi connectivity index (χ2n) is 5.00. The van der Waals surface area contributed by atoms with Crippen molar-refractivity contribution in [2.24, 2.45) is 0 Å². The first-order valence-electron chi connectivity index (χ1n) is 6.61. The first kappa shape index (κ1) is 15.1. The van der Waals surface area contributed by atoms with Gasteiger partial charge in [0.2, 0.25) is 0 Å². The Balaban J connectivity index is 1.88. The molecule has 0 saturated carbocycles. The van der Waals surface area contributed by atoms with Crippen LogP contribution in [0.5, 0.6) is 5.75 Å². The van der Waals surface area contributed by atoms with Crippen LogP contribution >= 0.6 is 0 Å². The van der Waals surface area contributed by atoms with Gasteiger partial charge in [-0.3, -0.25) is 4.90 Å². The standard InChI is InChI=1S/C14H18F3NO2/c15-14(16,17)10-20-13-5-3-11(4-6-13)8-18-7-1-2-12(18)9-19/h3-6,12,19H,1-2,7-10H2/t12-/m0/s1. The zero-order valence-electron chi connectivity index (χ0n) is 11.1. The van der Waals surface area contributed by atoms with Gasteiger partial charge in [0.15, 0.2) is 6.61 Å². The minimum Gasteiger partial charge on any atom is -0.484 e. The van der Waals surface area contributed by atoms with Crippen molar-refractivity contribution >= 4 is 0 Å². The molecule has 1 aromatic carbocycles. The fraction of sp³-hybridized carbons (Fsp3) is 0.571. The van der Waals surface area contributed by atoms with Gasteiger partial charge in [0.05, 0.1) is 6.61 Å². The highest BCUT2D eigenvalue weighted by atomic mass is 19.4. The van der Waals surface area contributed by atoms with Gasteiger partial charge in [0.25, 0.3) is 0 Å². The summed E-state index contributed by atoms with van der Waals surface area (Å²) in [6.45, 7) is 0.514. The van der Waals surface area contributed by atoms with Crippen molar-refractivity contribution in [3.8, 4) is 5.75 Å². The number of likely N-dealkylation sites (tertiary alicyclic amines) is 1. The summed E-state index contributed by atoms with van der Waals surface area (Å²) in [6.07, 6.45) is -2.26. The molecule has 0 spiro atoms. The van der Waals surface area contributed by atoms with Gasteiger partial charge < -0.3 is 9.84 Å². The van der Waals surface area contributed by atoms with E-state index < -0.39 is 12.8 Å². The largest absolute Gasteiger partial charge is 0.484 e. The number of rotatable bonds is 5. The zero-order valence-corrected chi connectivity index (χ0v) is 11.1. The monoisotopic (exact) mass is 289 g/mol. The number of aliphatic hydroxyl groups is 1. The molecule has 1 atom stereocenters. The second kappa shape index (κ2) is 6.45. The first-order valence-corrected chi connectivity index (χ1v) is 6.61. The van der Waals surface area contributed by atoms with Crippen LogP contribution in [0.15, 0.2) is 24.3 Å². The van der Waals surface area contributed by atoms with Crippen LogP contribution in [0.1, 0.15) is 18.4 Å². The van der Waals surface area contributed by atoms with Crippen molar-refractivity contribution in [1.82, 2.24) is 4.90 Å². The summed E-state index contributed by atoms with van der Waals surface area (Å²) in [5.74, 6) is 0.214. The highest BCUT2D eigenvalue weighted by molar-refractivity contribution is 5.27. The summed E-state index contributed by atoms with van der Waals surface area (Å²) in [6, 6.07) is 6.81. The number of alkyl halides is 3. The van der Waals surface area contributed by atoms with E-state index >= 15 is 0 Å². The maximum absolute atomic E-state index is 12.0. The summed E-state index contributed by atoms with van der Waals surface area (Å²) in [5, 5.41) is 9.24. The molecule has 112 valence electrons. The number of aliphatic hydroxyl groups excluding tert-OH is 1. The van der Waals surface area contributed by atoms with E-state index in [4.69, 9.17) is 0 Å². The van der Waals surface area contributed by atoms with Crippen LogP contribution in [0.25, 0.3) is 0 Å². The fourth-order valence-electron chi connectivity index (χ4n) is 2.40. The second-order valence-corrected chi connectivity index (χ2v) is 5.00. The number of benzene rings is 1. The maximum atomic E-state index is 12.0. The van der Waals surface area contributed by atoms with E-state index in [1.165, 1.54) is 0 Å². The molecule has 1 fully saturated rings. The lowest BCUT2D eigenvalue weighted by Crippen LogP contribution is -2.31. The Morgan fingerprint density at radius 3 is 2.55 bits per heavy atom. The molecule has 0 amide bonds. The molecule has 2 rings (SSSR count). The van der Waals surface area contributed by atoms with E-state index in [0.29, 0.717) is 6.54 Å². The lowest BCUT2D eigenvalue weighted by Gasteiger charge is -2.22. The predicted octanol–water partition coefficient (Wildman–Crippen LogP) is 2.58. The van der Waals surface area contributed by atoms with Crippen molar-refractivity contribution in [2.45, 2.75) is 31.6 Å². The van der Waals surface area contributed by atoms with Crippen molar-refractivity contribution in [2.75, 3.05) is 19.8 Å². The normalized spacial score (nSPS) is 20.3. The molecule has 0 unspecified atom stereocenters. The molecular formula is C14H18F3NO2. The van der Waals surface area contributed by atoms with Gasteiger partial charge in [0, 0.05) is 12.6 Å². The number of hydrogen-bond acceptors (Lipinski definition) is 3. The topological polar surface area (TPSA) is 32.7 Å². The fourth-order valence-corrected chi connectivity index (χ4v) is 2.40. The lowest BCUT2D eigenvalue weighted by atomic mass is 10.2. The van der Waals surface area contributed by atoms with Crippen molar-refractivity contribution in [3.63, 3.8) is 0 Å². The SMILES string of the molecule is OC[C@@H]1CCCN1Cc1ccc(OCC(F)(F)F)cc1. The molecule has 20 heavy (non-hydrogen) atoms. The Bertz CT molecular complexity index is 419. The summed E-state index contributed by atoms with van der Waals surface area (Å²) in [4.78, 5) is 2.19. The van der Waals surface area contributed by atoms with Gasteiger partial charge in [-0.25, -0.2) is 0 Å². The Morgan fingerprint density at radius 1 is 1.25 bits per heavy atom. The lowest BCUT2D eigenvalue weighted by molar-refractivity contribution is -0.153. The van der Waals surface area contributed by atoms with Gasteiger partial charge in [-0.15, -0.1) is 0 Å². The van der Waals surface area contributed by atoms with Crippen LogP contribution < -0.4 is 4.74 Å². The van der Waals surface area contributed by atoms with Crippen molar-refractivity contribution < 1.29 is 23.0 Å². The van der Waals surface area contributed by atoms with E-state index in [1.807, 2.05) is 0 Å². The number of hydrogen-bond donors (Lipinski definition) is 1. The molecule has 0 aromatic heterocycles. The Hall–Kier alpha value is -1.27. The van der Waals surface area contributed by atoms with E-state index in [2.05, 4.69) is 9.64 Å². The Labute approximate surface area is 116 Å². The number of ether oxygens (including phenoxy) is 1. The third-order valence-corrected chi connectivity index (χ3v) is 3.42. The van der Waals surface area contributed by atoms with E-state index in [0.717, 1.165) is 24.9 Å². The average molecular weight is 289 g/mol.